The van der Waals surface area contributed by atoms with Gasteiger partial charge in [-0.15, -0.1) is 0 Å². The summed E-state index contributed by atoms with van der Waals surface area (Å²) < 4.78 is 47.9. The van der Waals surface area contributed by atoms with Crippen LogP contribution < -0.4 is 0 Å². The molecule has 10 aliphatic rings. The van der Waals surface area contributed by atoms with Gasteiger partial charge in [0, 0.05) is 31.5 Å². The molecule has 0 saturated heterocycles. The van der Waals surface area contributed by atoms with Crippen molar-refractivity contribution < 1.29 is 42.7 Å². The molecule has 0 aromatic carbocycles. The summed E-state index contributed by atoms with van der Waals surface area (Å²) in [5.41, 5.74) is 0. The third-order valence-corrected chi connectivity index (χ3v) is 23.3. The summed E-state index contributed by atoms with van der Waals surface area (Å²) in [6.45, 7) is 0. The van der Waals surface area contributed by atoms with Crippen molar-refractivity contribution >= 4 is 56.7 Å². The van der Waals surface area contributed by atoms with E-state index in [4.69, 9.17) is 33.2 Å². The van der Waals surface area contributed by atoms with Crippen LogP contribution >= 0.6 is 45.2 Å². The van der Waals surface area contributed by atoms with Gasteiger partial charge in [-0.1, -0.05) is 64.4 Å². The van der Waals surface area contributed by atoms with E-state index in [2.05, 4.69) is 45.2 Å². The molecule has 9 nitrogen and oxygen atoms in total. The van der Waals surface area contributed by atoms with Crippen LogP contribution in [0.1, 0.15) is 257 Å². The number of ether oxygens (including phenoxy) is 7. The molecule has 0 N–H and O–H groups in total. The second kappa shape index (κ2) is 28.8. The number of rotatable bonds is 18. The molecule has 10 saturated carbocycles. The van der Waals surface area contributed by atoms with Gasteiger partial charge in [0.25, 0.3) is 0 Å². The molecule has 0 bridgehead atoms. The molecule has 3 unspecified atom stereocenters. The molecule has 0 amide bonds. The number of alkyl halides is 2. The summed E-state index contributed by atoms with van der Waals surface area (Å²) in [7, 11) is 0. The second-order valence-corrected chi connectivity index (χ2v) is 29.3. The number of carbonyl (C=O) groups is 2. The van der Waals surface area contributed by atoms with E-state index in [1.807, 2.05) is 0 Å². The molecule has 0 heterocycles. The van der Waals surface area contributed by atoms with Gasteiger partial charge >= 0.3 is 0 Å². The molecule has 10 rings (SSSR count). The Morgan fingerprint density at radius 3 is 0.726 bits per heavy atom. The van der Waals surface area contributed by atoms with Crippen LogP contribution in [0.3, 0.4) is 0 Å². The van der Waals surface area contributed by atoms with Crippen LogP contribution in [-0.2, 0) is 42.7 Å². The second-order valence-electron chi connectivity index (χ2n) is 26.0. The van der Waals surface area contributed by atoms with Crippen molar-refractivity contribution in [3.63, 3.8) is 0 Å². The summed E-state index contributed by atoms with van der Waals surface area (Å²) in [4.78, 5) is 27.2. The molecule has 0 radical (unpaired) electrons. The van der Waals surface area contributed by atoms with Crippen molar-refractivity contribution in [1.82, 2.24) is 0 Å². The Morgan fingerprint density at radius 1 is 0.247 bits per heavy atom. The van der Waals surface area contributed by atoms with E-state index >= 15 is 0 Å². The Hall–Kier alpha value is 0.520. The molecule has 10 aliphatic carbocycles. The first-order valence-electron chi connectivity index (χ1n) is 31.6. The zero-order chi connectivity index (χ0) is 49.9. The first kappa shape index (κ1) is 56.8. The van der Waals surface area contributed by atoms with Crippen LogP contribution in [0.4, 0.5) is 0 Å². The molecule has 0 aromatic heterocycles. The van der Waals surface area contributed by atoms with E-state index in [1.54, 1.807) is 0 Å². The maximum atomic E-state index is 13.7. The fraction of sp³-hybridized carbons (Fsp3) is 0.968. The molecular weight excluding hydrogens is 1140 g/mol. The van der Waals surface area contributed by atoms with Crippen molar-refractivity contribution in [2.24, 2.45) is 23.7 Å². The largest absolute Gasteiger partial charge is 0.375 e. The highest BCUT2D eigenvalue weighted by atomic mass is 127. The molecule has 73 heavy (non-hydrogen) atoms. The van der Waals surface area contributed by atoms with Crippen LogP contribution in [0.15, 0.2) is 0 Å². The van der Waals surface area contributed by atoms with E-state index in [0.29, 0.717) is 98.8 Å². The molecular formula is C62H100I2O9. The standard InChI is InChI=1S/C62H100I2O9/c63-44-12-39-60(64)59(40-44)62(66)43-10-17-48(18-11-43)68-46-13-6-41(7-14-46)61(65)42-8-15-47(16-9-42)69-50-23-25-52(26-24-50)71-54-31-33-56(34-32-54)73-58-37-35-57(36-38-58)72-55-29-27-53(28-30-55)70-51-21-19-49(20-22-51)67-45-4-2-1-3-5-45/h41-60H,1-40H2. The average Bonchev–Trinajstić information content (AvgIpc) is 3.43. The van der Waals surface area contributed by atoms with Gasteiger partial charge in [0.1, 0.15) is 11.6 Å². The Labute approximate surface area is 470 Å². The number of carbonyl (C=O) groups excluding carboxylic acids is 2. The smallest absolute Gasteiger partial charge is 0.140 e. The maximum absolute atomic E-state index is 13.7. The third kappa shape index (κ3) is 17.0. The van der Waals surface area contributed by atoms with E-state index < -0.39 is 0 Å². The normalized spacial score (nSPS) is 43.8. The van der Waals surface area contributed by atoms with Crippen LogP contribution in [0, 0.1) is 23.7 Å². The lowest BCUT2D eigenvalue weighted by Crippen LogP contribution is -2.38. The average molecular weight is 1240 g/mol. The van der Waals surface area contributed by atoms with Crippen molar-refractivity contribution in [3.05, 3.63) is 0 Å². The van der Waals surface area contributed by atoms with Crippen molar-refractivity contribution in [2.45, 2.75) is 350 Å². The highest BCUT2D eigenvalue weighted by Crippen LogP contribution is 2.42. The topological polar surface area (TPSA) is 98.8 Å². The number of Topliss-reactive ketones (excluding diaryl/α,β-unsaturated/α-hetero) is 2. The van der Waals surface area contributed by atoms with Gasteiger partial charge in [-0.2, -0.15) is 0 Å². The van der Waals surface area contributed by atoms with Crippen molar-refractivity contribution in [1.29, 1.82) is 0 Å². The summed E-state index contributed by atoms with van der Waals surface area (Å²) in [5.74, 6) is 2.02. The maximum Gasteiger partial charge on any atom is 0.140 e. The summed E-state index contributed by atoms with van der Waals surface area (Å²) in [6, 6.07) is 0. The predicted octanol–water partition coefficient (Wildman–Crippen LogP) is 15.2. The number of ketones is 2. The fourth-order valence-electron chi connectivity index (χ4n) is 16.1. The van der Waals surface area contributed by atoms with Crippen molar-refractivity contribution in [3.8, 4) is 0 Å². The zero-order valence-corrected chi connectivity index (χ0v) is 49.6. The van der Waals surface area contributed by atoms with Gasteiger partial charge in [0.2, 0.25) is 0 Å². The van der Waals surface area contributed by atoms with Gasteiger partial charge in [-0.05, 0) is 238 Å². The number of halogens is 2. The Balaban J connectivity index is 0.522. The highest BCUT2D eigenvalue weighted by molar-refractivity contribution is 14.1. The fourth-order valence-corrected chi connectivity index (χ4v) is 18.0. The van der Waals surface area contributed by atoms with Crippen LogP contribution in [0.5, 0.6) is 0 Å². The van der Waals surface area contributed by atoms with Gasteiger partial charge < -0.3 is 33.2 Å². The van der Waals surface area contributed by atoms with Gasteiger partial charge in [-0.3, -0.25) is 9.59 Å². The van der Waals surface area contributed by atoms with E-state index in [9.17, 15) is 9.59 Å². The van der Waals surface area contributed by atoms with E-state index in [0.717, 1.165) is 186 Å². The summed E-state index contributed by atoms with van der Waals surface area (Å²) in [5, 5.41) is 0. The molecule has 10 fully saturated rings. The van der Waals surface area contributed by atoms with E-state index in [1.165, 1.54) is 70.6 Å². The first-order chi connectivity index (χ1) is 35.7. The predicted molar refractivity (Wildman–Crippen MR) is 305 cm³/mol. The third-order valence-electron chi connectivity index (χ3n) is 20.6. The summed E-state index contributed by atoms with van der Waals surface area (Å²) >= 11 is 5.10. The van der Waals surface area contributed by atoms with Gasteiger partial charge in [0.15, 0.2) is 0 Å². The lowest BCUT2D eigenvalue weighted by atomic mass is 9.75. The quantitative estimate of drug-likeness (QED) is 0.0981. The summed E-state index contributed by atoms with van der Waals surface area (Å²) in [6.07, 6.45) is 50.5. The van der Waals surface area contributed by atoms with Crippen LogP contribution in [-0.4, -0.2) is 105 Å². The monoisotopic (exact) mass is 1240 g/mol. The van der Waals surface area contributed by atoms with E-state index in [-0.39, 0.29) is 29.8 Å². The lowest BCUT2D eigenvalue weighted by molar-refractivity contribution is -0.133. The minimum Gasteiger partial charge on any atom is -0.375 e. The molecule has 0 aromatic rings. The SMILES string of the molecule is O=C(C1CCC(OC2CCC(OC3CCC(OC4CCC(OC5CCC(OC6CCC(OC7CCCCC7)CC6)CC5)CC4)CC3)CC2)CC1)C1CCC(OC2CCC(C(=O)C3CC(I)CCC3I)CC2)CC1. The molecule has 0 spiro atoms. The van der Waals surface area contributed by atoms with Crippen LogP contribution in [0.2, 0.25) is 0 Å². The number of hydrogen-bond donors (Lipinski definition) is 0. The molecule has 416 valence electrons. The minimum atomic E-state index is 0.214. The molecule has 11 heteroatoms. The zero-order valence-electron chi connectivity index (χ0n) is 45.3. The first-order valence-corrected chi connectivity index (χ1v) is 34.1. The number of hydrogen-bond acceptors (Lipinski definition) is 9. The van der Waals surface area contributed by atoms with Crippen LogP contribution in [0.25, 0.3) is 0 Å². The Kier molecular flexibility index (Phi) is 22.4. The Morgan fingerprint density at radius 2 is 0.466 bits per heavy atom. The lowest BCUT2D eigenvalue weighted by Gasteiger charge is -2.39. The highest BCUT2D eigenvalue weighted by Gasteiger charge is 2.40. The molecule has 0 aliphatic heterocycles. The molecule has 3 atom stereocenters. The van der Waals surface area contributed by atoms with Gasteiger partial charge in [-0.25, -0.2) is 0 Å². The Bertz CT molecular complexity index is 1620. The minimum absolute atomic E-state index is 0.214. The van der Waals surface area contributed by atoms with Gasteiger partial charge in [0.05, 0.1) is 85.5 Å². The van der Waals surface area contributed by atoms with Crippen molar-refractivity contribution in [2.75, 3.05) is 0 Å².